The molecule has 0 aliphatic rings. The molecule has 2 aromatic carbocycles. The van der Waals surface area contributed by atoms with Crippen LogP contribution in [0.25, 0.3) is 16.9 Å². The second-order valence-electron chi connectivity index (χ2n) is 6.69. The second-order valence-corrected chi connectivity index (χ2v) is 7.55. The number of anilines is 1. The van der Waals surface area contributed by atoms with E-state index in [0.717, 1.165) is 11.4 Å². The summed E-state index contributed by atoms with van der Waals surface area (Å²) in [6.07, 6.45) is 1.48. The van der Waals surface area contributed by atoms with E-state index in [1.54, 1.807) is 26.9 Å². The van der Waals surface area contributed by atoms with E-state index in [4.69, 9.17) is 0 Å². The van der Waals surface area contributed by atoms with E-state index >= 15 is 0 Å². The van der Waals surface area contributed by atoms with E-state index in [2.05, 4.69) is 15.5 Å². The summed E-state index contributed by atoms with van der Waals surface area (Å²) < 4.78 is 3.36. The van der Waals surface area contributed by atoms with Gasteiger partial charge in [0.25, 0.3) is 11.2 Å². The lowest BCUT2D eigenvalue weighted by Gasteiger charge is -2.07. The predicted octanol–water partition coefficient (Wildman–Crippen LogP) is 3.96. The Labute approximate surface area is 181 Å². The zero-order valence-electron chi connectivity index (χ0n) is 16.7. The first-order valence-electron chi connectivity index (χ1n) is 9.29. The first-order chi connectivity index (χ1) is 15.0. The van der Waals surface area contributed by atoms with Crippen LogP contribution in [0.2, 0.25) is 0 Å². The summed E-state index contributed by atoms with van der Waals surface area (Å²) in [6.45, 7) is 1.85. The molecule has 156 valence electrons. The molecular weight excluding hydrogens is 416 g/mol. The highest BCUT2D eigenvalue weighted by Gasteiger charge is 2.14. The maximum absolute atomic E-state index is 12.9. The minimum Gasteiger partial charge on any atom is -0.285 e. The van der Waals surface area contributed by atoms with Crippen molar-refractivity contribution in [1.82, 2.24) is 14.3 Å². The third-order valence-electron chi connectivity index (χ3n) is 4.81. The molecular formula is C21H18N6O3S. The molecule has 0 fully saturated rings. The lowest BCUT2D eigenvalue weighted by atomic mass is 10.1. The number of para-hydroxylation sites is 1. The van der Waals surface area contributed by atoms with E-state index in [-0.39, 0.29) is 11.2 Å². The van der Waals surface area contributed by atoms with Gasteiger partial charge in [0.2, 0.25) is 5.13 Å². The predicted molar refractivity (Wildman–Crippen MR) is 121 cm³/mol. The van der Waals surface area contributed by atoms with Gasteiger partial charge in [-0.05, 0) is 19.1 Å². The van der Waals surface area contributed by atoms with Crippen LogP contribution in [0, 0.1) is 17.0 Å². The fourth-order valence-electron chi connectivity index (χ4n) is 3.13. The molecule has 2 aromatic heterocycles. The van der Waals surface area contributed by atoms with Gasteiger partial charge in [0.15, 0.2) is 0 Å². The van der Waals surface area contributed by atoms with Crippen LogP contribution in [0.3, 0.4) is 0 Å². The van der Waals surface area contributed by atoms with E-state index < -0.39 is 4.92 Å². The van der Waals surface area contributed by atoms with Crippen molar-refractivity contribution in [2.45, 2.75) is 6.92 Å². The van der Waals surface area contributed by atoms with Gasteiger partial charge in [-0.3, -0.25) is 25.0 Å². The van der Waals surface area contributed by atoms with Gasteiger partial charge in [-0.2, -0.15) is 5.10 Å². The Morgan fingerprint density at radius 3 is 2.71 bits per heavy atom. The van der Waals surface area contributed by atoms with Gasteiger partial charge >= 0.3 is 0 Å². The first kappa shape index (κ1) is 20.2. The molecule has 0 spiro atoms. The van der Waals surface area contributed by atoms with Crippen molar-refractivity contribution in [1.29, 1.82) is 0 Å². The van der Waals surface area contributed by atoms with Crippen LogP contribution in [0.4, 0.5) is 10.8 Å². The third kappa shape index (κ3) is 4.01. The molecule has 0 saturated carbocycles. The largest absolute Gasteiger partial charge is 0.285 e. The van der Waals surface area contributed by atoms with Crippen molar-refractivity contribution in [3.63, 3.8) is 0 Å². The van der Waals surface area contributed by atoms with Crippen LogP contribution < -0.4 is 11.0 Å². The molecule has 0 aliphatic carbocycles. The topological polar surface area (TPSA) is 107 Å². The van der Waals surface area contributed by atoms with Crippen LogP contribution in [-0.2, 0) is 7.05 Å². The molecule has 0 radical (unpaired) electrons. The number of hydrazone groups is 1. The van der Waals surface area contributed by atoms with Crippen LogP contribution in [-0.4, -0.2) is 25.5 Å². The summed E-state index contributed by atoms with van der Waals surface area (Å²) >= 11 is 1.31. The summed E-state index contributed by atoms with van der Waals surface area (Å²) in [5.41, 5.74) is 5.93. The molecule has 0 unspecified atom stereocenters. The summed E-state index contributed by atoms with van der Waals surface area (Å²) in [4.78, 5) is 27.8. The fourth-order valence-corrected chi connectivity index (χ4v) is 3.79. The minimum absolute atomic E-state index is 0.00674. The van der Waals surface area contributed by atoms with Crippen molar-refractivity contribution < 1.29 is 4.92 Å². The highest BCUT2D eigenvalue weighted by molar-refractivity contribution is 7.14. The normalized spacial score (nSPS) is 11.2. The SMILES string of the molecule is Cc1c(/C=N/Nc2nc(-c3cccc([N+](=O)[O-])c3)cs2)c(=O)n(-c2ccccc2)n1C. The number of non-ortho nitro benzene ring substituents is 1. The Morgan fingerprint density at radius 2 is 1.97 bits per heavy atom. The van der Waals surface area contributed by atoms with E-state index in [1.165, 1.54) is 29.7 Å². The van der Waals surface area contributed by atoms with Crippen molar-refractivity contribution in [3.8, 4) is 16.9 Å². The molecule has 4 aromatic rings. The number of nitrogens with one attached hydrogen (secondary N) is 1. The first-order valence-corrected chi connectivity index (χ1v) is 10.2. The zero-order valence-corrected chi connectivity index (χ0v) is 17.5. The Kier molecular flexibility index (Phi) is 5.46. The number of nitro groups is 1. The highest BCUT2D eigenvalue weighted by Crippen LogP contribution is 2.27. The molecule has 31 heavy (non-hydrogen) atoms. The van der Waals surface area contributed by atoms with Gasteiger partial charge in [-0.25, -0.2) is 9.67 Å². The molecule has 9 nitrogen and oxygen atoms in total. The third-order valence-corrected chi connectivity index (χ3v) is 5.56. The summed E-state index contributed by atoms with van der Waals surface area (Å²) in [7, 11) is 1.82. The maximum atomic E-state index is 12.9. The Bertz CT molecular complexity index is 1340. The lowest BCUT2D eigenvalue weighted by Crippen LogP contribution is -2.20. The van der Waals surface area contributed by atoms with E-state index in [0.29, 0.717) is 22.0 Å². The smallest absolute Gasteiger partial charge is 0.280 e. The summed E-state index contributed by atoms with van der Waals surface area (Å²) in [5.74, 6) is 0. The van der Waals surface area contributed by atoms with Crippen LogP contribution in [0.5, 0.6) is 0 Å². The Morgan fingerprint density at radius 1 is 1.19 bits per heavy atom. The molecule has 0 amide bonds. The summed E-state index contributed by atoms with van der Waals surface area (Å²) in [5, 5.41) is 17.4. The van der Waals surface area contributed by atoms with Gasteiger partial charge in [0.1, 0.15) is 0 Å². The van der Waals surface area contributed by atoms with Gasteiger partial charge in [-0.1, -0.05) is 30.3 Å². The van der Waals surface area contributed by atoms with Crippen LogP contribution in [0.15, 0.2) is 69.9 Å². The highest BCUT2D eigenvalue weighted by atomic mass is 32.1. The number of nitrogens with zero attached hydrogens (tertiary/aromatic N) is 5. The molecule has 0 bridgehead atoms. The van der Waals surface area contributed by atoms with Gasteiger partial charge in [0, 0.05) is 35.8 Å². The standard InChI is InChI=1S/C21H18N6O3S/c1-14-18(20(28)26(25(14)2)16-8-4-3-5-9-16)12-22-24-21-23-19(13-31-21)15-7-6-10-17(11-15)27(29)30/h3-13H,1-2H3,(H,23,24)/b22-12+. The Hall–Kier alpha value is -4.05. The molecule has 0 saturated heterocycles. The molecule has 1 N–H and O–H groups in total. The van der Waals surface area contributed by atoms with E-state index in [1.807, 2.05) is 44.3 Å². The summed E-state index contributed by atoms with van der Waals surface area (Å²) in [6, 6.07) is 15.7. The van der Waals surface area contributed by atoms with Gasteiger partial charge < -0.3 is 0 Å². The van der Waals surface area contributed by atoms with Crippen molar-refractivity contribution in [2.24, 2.45) is 12.1 Å². The van der Waals surface area contributed by atoms with Crippen molar-refractivity contribution in [3.05, 3.63) is 91.7 Å². The second kappa shape index (κ2) is 8.36. The minimum atomic E-state index is -0.441. The van der Waals surface area contributed by atoms with Gasteiger partial charge in [0.05, 0.1) is 28.1 Å². The average molecular weight is 434 g/mol. The number of hydrogen-bond acceptors (Lipinski definition) is 7. The van der Waals surface area contributed by atoms with Crippen LogP contribution >= 0.6 is 11.3 Å². The fraction of sp³-hybridized carbons (Fsp3) is 0.0952. The van der Waals surface area contributed by atoms with Crippen molar-refractivity contribution >= 4 is 28.4 Å². The lowest BCUT2D eigenvalue weighted by molar-refractivity contribution is -0.384. The quantitative estimate of drug-likeness (QED) is 0.281. The molecule has 0 atom stereocenters. The molecule has 10 heteroatoms. The van der Waals surface area contributed by atoms with E-state index in [9.17, 15) is 14.9 Å². The van der Waals surface area contributed by atoms with Crippen molar-refractivity contribution in [2.75, 3.05) is 5.43 Å². The molecule has 0 aliphatic heterocycles. The number of thiazole rings is 1. The number of rotatable bonds is 6. The maximum Gasteiger partial charge on any atom is 0.280 e. The average Bonchev–Trinajstić information content (AvgIpc) is 3.33. The van der Waals surface area contributed by atoms with Crippen LogP contribution in [0.1, 0.15) is 11.3 Å². The number of nitro benzene ring substituents is 1. The number of hydrogen-bond donors (Lipinski definition) is 1. The monoisotopic (exact) mass is 434 g/mol. The number of benzene rings is 2. The Balaban J connectivity index is 1.55. The zero-order chi connectivity index (χ0) is 22.0. The van der Waals surface area contributed by atoms with Gasteiger partial charge in [-0.15, -0.1) is 11.3 Å². The number of aromatic nitrogens is 3. The molecule has 4 rings (SSSR count). The molecule has 2 heterocycles.